The molecule has 7 heteroatoms. The Balaban J connectivity index is 1.46. The summed E-state index contributed by atoms with van der Waals surface area (Å²) in [5, 5.41) is 8.02. The van der Waals surface area contributed by atoms with Crippen molar-refractivity contribution in [1.29, 1.82) is 0 Å². The molecule has 0 bridgehead atoms. The number of nitrogens with zero attached hydrogens (tertiary/aromatic N) is 5. The van der Waals surface area contributed by atoms with Crippen LogP contribution < -0.4 is 4.90 Å². The Labute approximate surface area is 143 Å². The van der Waals surface area contributed by atoms with E-state index in [0.29, 0.717) is 37.2 Å². The maximum Gasteiger partial charge on any atom is 0.293 e. The molecule has 25 heavy (non-hydrogen) atoms. The number of halogens is 1. The van der Waals surface area contributed by atoms with Gasteiger partial charge in [-0.3, -0.25) is 4.79 Å². The number of carbonyl (C=O) groups is 1. The monoisotopic (exact) mass is 337 g/mol. The molecule has 1 saturated heterocycles. The number of hydrogen-bond acceptors (Lipinski definition) is 5. The van der Waals surface area contributed by atoms with Gasteiger partial charge in [-0.1, -0.05) is 12.1 Å². The van der Waals surface area contributed by atoms with E-state index in [-0.39, 0.29) is 17.5 Å². The topological polar surface area (TPSA) is 62.2 Å². The normalized spacial score (nSPS) is 14.8. The second kappa shape index (κ2) is 6.43. The molecular formula is C18H16FN5O. The number of para-hydroxylation sites is 1. The molecule has 1 amide bonds. The number of anilines is 1. The number of carbonyl (C=O) groups excluding carboxylic acids is 1. The molecule has 1 aliphatic rings. The zero-order chi connectivity index (χ0) is 17.2. The molecule has 126 valence electrons. The standard InChI is InChI=1S/C18H16FN5O/c19-13-5-7-14(8-6-13)23-9-11-24(12-10-23)18(25)17-20-15-3-1-2-4-16(15)21-22-17/h1-8H,9-12H2. The van der Waals surface area contributed by atoms with Crippen molar-refractivity contribution in [3.63, 3.8) is 0 Å². The molecule has 1 aromatic heterocycles. The highest BCUT2D eigenvalue weighted by molar-refractivity contribution is 5.92. The molecule has 1 aliphatic heterocycles. The van der Waals surface area contributed by atoms with Crippen LogP contribution in [0.1, 0.15) is 10.6 Å². The first kappa shape index (κ1) is 15.4. The van der Waals surface area contributed by atoms with Crippen LogP contribution in [-0.4, -0.2) is 52.2 Å². The second-order valence-electron chi connectivity index (χ2n) is 5.88. The van der Waals surface area contributed by atoms with Crippen molar-refractivity contribution in [2.75, 3.05) is 31.1 Å². The molecule has 0 radical (unpaired) electrons. The molecule has 0 saturated carbocycles. The zero-order valence-corrected chi connectivity index (χ0v) is 13.5. The Morgan fingerprint density at radius 3 is 2.28 bits per heavy atom. The fourth-order valence-corrected chi connectivity index (χ4v) is 2.93. The van der Waals surface area contributed by atoms with E-state index in [0.717, 1.165) is 5.69 Å². The molecule has 0 N–H and O–H groups in total. The number of piperazine rings is 1. The van der Waals surface area contributed by atoms with Crippen LogP contribution >= 0.6 is 0 Å². The van der Waals surface area contributed by atoms with Gasteiger partial charge in [0.1, 0.15) is 11.3 Å². The average Bonchev–Trinajstić information content (AvgIpc) is 2.68. The molecular weight excluding hydrogens is 321 g/mol. The van der Waals surface area contributed by atoms with Crippen LogP contribution in [0.2, 0.25) is 0 Å². The van der Waals surface area contributed by atoms with Crippen molar-refractivity contribution in [3.8, 4) is 0 Å². The minimum Gasteiger partial charge on any atom is -0.368 e. The van der Waals surface area contributed by atoms with Gasteiger partial charge in [0.15, 0.2) is 0 Å². The predicted molar refractivity (Wildman–Crippen MR) is 91.8 cm³/mol. The van der Waals surface area contributed by atoms with Crippen molar-refractivity contribution in [2.45, 2.75) is 0 Å². The summed E-state index contributed by atoms with van der Waals surface area (Å²) in [6.45, 7) is 2.48. The van der Waals surface area contributed by atoms with E-state index in [1.54, 1.807) is 17.0 Å². The molecule has 0 spiro atoms. The zero-order valence-electron chi connectivity index (χ0n) is 13.5. The minimum atomic E-state index is -0.251. The quantitative estimate of drug-likeness (QED) is 0.717. The lowest BCUT2D eigenvalue weighted by atomic mass is 10.2. The maximum absolute atomic E-state index is 13.0. The van der Waals surface area contributed by atoms with E-state index in [4.69, 9.17) is 0 Å². The van der Waals surface area contributed by atoms with Crippen LogP contribution in [0.3, 0.4) is 0 Å². The van der Waals surface area contributed by atoms with E-state index in [1.165, 1.54) is 12.1 Å². The number of benzene rings is 2. The first-order valence-corrected chi connectivity index (χ1v) is 8.10. The van der Waals surface area contributed by atoms with E-state index >= 15 is 0 Å². The summed E-state index contributed by atoms with van der Waals surface area (Å²) in [7, 11) is 0. The molecule has 0 aliphatic carbocycles. The maximum atomic E-state index is 13.0. The highest BCUT2D eigenvalue weighted by Gasteiger charge is 2.24. The number of hydrogen-bond donors (Lipinski definition) is 0. The third kappa shape index (κ3) is 3.13. The molecule has 4 rings (SSSR count). The van der Waals surface area contributed by atoms with Crippen molar-refractivity contribution < 1.29 is 9.18 Å². The number of fused-ring (bicyclic) bond motifs is 1. The lowest BCUT2D eigenvalue weighted by molar-refractivity contribution is 0.0733. The van der Waals surface area contributed by atoms with Gasteiger partial charge in [0, 0.05) is 31.9 Å². The molecule has 0 unspecified atom stereocenters. The molecule has 6 nitrogen and oxygen atoms in total. The fraction of sp³-hybridized carbons (Fsp3) is 0.222. The first-order chi connectivity index (χ1) is 12.2. The van der Waals surface area contributed by atoms with Crippen molar-refractivity contribution in [1.82, 2.24) is 20.1 Å². The largest absolute Gasteiger partial charge is 0.368 e. The van der Waals surface area contributed by atoms with Gasteiger partial charge in [0.25, 0.3) is 5.91 Å². The van der Waals surface area contributed by atoms with Gasteiger partial charge in [-0.25, -0.2) is 9.37 Å². The lowest BCUT2D eigenvalue weighted by Crippen LogP contribution is -2.49. The van der Waals surface area contributed by atoms with E-state index in [9.17, 15) is 9.18 Å². The Hall–Kier alpha value is -3.09. The Morgan fingerprint density at radius 2 is 1.56 bits per heavy atom. The summed E-state index contributed by atoms with van der Waals surface area (Å²) >= 11 is 0. The lowest BCUT2D eigenvalue weighted by Gasteiger charge is -2.35. The highest BCUT2D eigenvalue weighted by atomic mass is 19.1. The fourth-order valence-electron chi connectivity index (χ4n) is 2.93. The third-order valence-corrected chi connectivity index (χ3v) is 4.31. The number of aromatic nitrogens is 3. The predicted octanol–water partition coefficient (Wildman–Crippen LogP) is 2.13. The van der Waals surface area contributed by atoms with Crippen molar-refractivity contribution >= 4 is 22.6 Å². The molecule has 1 fully saturated rings. The Morgan fingerprint density at radius 1 is 0.880 bits per heavy atom. The summed E-state index contributed by atoms with van der Waals surface area (Å²) in [5.74, 6) is -0.343. The summed E-state index contributed by atoms with van der Waals surface area (Å²) in [5.41, 5.74) is 2.28. The van der Waals surface area contributed by atoms with Gasteiger partial charge in [-0.2, -0.15) is 0 Å². The molecule has 0 atom stereocenters. The van der Waals surface area contributed by atoms with Gasteiger partial charge in [0.2, 0.25) is 5.82 Å². The van der Waals surface area contributed by atoms with Gasteiger partial charge in [-0.15, -0.1) is 10.2 Å². The molecule has 2 heterocycles. The SMILES string of the molecule is O=C(c1nnc2ccccc2n1)N1CCN(c2ccc(F)cc2)CC1. The highest BCUT2D eigenvalue weighted by Crippen LogP contribution is 2.17. The second-order valence-corrected chi connectivity index (χ2v) is 5.88. The number of amides is 1. The molecule has 3 aromatic rings. The number of rotatable bonds is 2. The van der Waals surface area contributed by atoms with Crippen LogP contribution in [0.4, 0.5) is 10.1 Å². The van der Waals surface area contributed by atoms with Gasteiger partial charge >= 0.3 is 0 Å². The first-order valence-electron chi connectivity index (χ1n) is 8.10. The van der Waals surface area contributed by atoms with E-state index < -0.39 is 0 Å². The smallest absolute Gasteiger partial charge is 0.293 e. The summed E-state index contributed by atoms with van der Waals surface area (Å²) in [6.07, 6.45) is 0. The summed E-state index contributed by atoms with van der Waals surface area (Å²) in [6, 6.07) is 13.7. The van der Waals surface area contributed by atoms with Crippen molar-refractivity contribution in [3.05, 3.63) is 60.2 Å². The van der Waals surface area contributed by atoms with E-state index in [2.05, 4.69) is 20.1 Å². The third-order valence-electron chi connectivity index (χ3n) is 4.31. The van der Waals surface area contributed by atoms with Gasteiger partial charge in [-0.05, 0) is 36.4 Å². The van der Waals surface area contributed by atoms with Gasteiger partial charge < -0.3 is 9.80 Å². The Kier molecular flexibility index (Phi) is 3.97. The van der Waals surface area contributed by atoms with Gasteiger partial charge in [0.05, 0.1) is 5.52 Å². The van der Waals surface area contributed by atoms with Crippen LogP contribution in [0.15, 0.2) is 48.5 Å². The van der Waals surface area contributed by atoms with Crippen molar-refractivity contribution in [2.24, 2.45) is 0 Å². The minimum absolute atomic E-state index is 0.119. The van der Waals surface area contributed by atoms with Crippen LogP contribution in [0.25, 0.3) is 11.0 Å². The van der Waals surface area contributed by atoms with E-state index in [1.807, 2.05) is 24.3 Å². The Bertz CT molecular complexity index is 907. The summed E-state index contributed by atoms with van der Waals surface area (Å²) in [4.78, 5) is 20.8. The average molecular weight is 337 g/mol. The van der Waals surface area contributed by atoms with Crippen LogP contribution in [0.5, 0.6) is 0 Å². The van der Waals surface area contributed by atoms with Crippen LogP contribution in [-0.2, 0) is 0 Å². The van der Waals surface area contributed by atoms with Crippen LogP contribution in [0, 0.1) is 5.82 Å². The molecule has 2 aromatic carbocycles. The summed E-state index contributed by atoms with van der Waals surface area (Å²) < 4.78 is 13.0.